The number of likely N-dealkylation sites (tertiary alicyclic amines) is 1. The van der Waals surface area contributed by atoms with E-state index in [1.165, 1.54) is 58.0 Å². The van der Waals surface area contributed by atoms with E-state index in [4.69, 9.17) is 0 Å². The Morgan fingerprint density at radius 3 is 2.60 bits per heavy atom. The van der Waals surface area contributed by atoms with Crippen LogP contribution in [0.15, 0.2) is 0 Å². The van der Waals surface area contributed by atoms with Crippen molar-refractivity contribution in [2.45, 2.75) is 63.5 Å². The van der Waals surface area contributed by atoms with Crippen molar-refractivity contribution in [2.75, 3.05) is 20.1 Å². The highest BCUT2D eigenvalue weighted by molar-refractivity contribution is 4.95. The third kappa shape index (κ3) is 2.54. The zero-order chi connectivity index (χ0) is 10.7. The summed E-state index contributed by atoms with van der Waals surface area (Å²) < 4.78 is 0. The molecule has 1 atom stereocenters. The second-order valence-corrected chi connectivity index (χ2v) is 5.50. The summed E-state index contributed by atoms with van der Waals surface area (Å²) in [4.78, 5) is 2.54. The predicted octanol–water partition coefficient (Wildman–Crippen LogP) is 2.39. The van der Waals surface area contributed by atoms with Gasteiger partial charge in [-0.15, -0.1) is 0 Å². The molecule has 88 valence electrons. The summed E-state index contributed by atoms with van der Waals surface area (Å²) >= 11 is 0. The van der Waals surface area contributed by atoms with Crippen LogP contribution in [0.3, 0.4) is 0 Å². The Morgan fingerprint density at radius 2 is 2.07 bits per heavy atom. The van der Waals surface area contributed by atoms with Crippen molar-refractivity contribution in [3.05, 3.63) is 0 Å². The van der Waals surface area contributed by atoms with Crippen molar-refractivity contribution in [3.63, 3.8) is 0 Å². The second kappa shape index (κ2) is 4.84. The number of hydrogen-bond acceptors (Lipinski definition) is 2. The molecule has 2 rings (SSSR count). The molecule has 1 aliphatic heterocycles. The zero-order valence-corrected chi connectivity index (χ0v) is 10.4. The Balaban J connectivity index is 1.76. The summed E-state index contributed by atoms with van der Waals surface area (Å²) in [5.41, 5.74) is 0.526. The molecule has 1 saturated carbocycles. The largest absolute Gasteiger partial charge is 0.310 e. The van der Waals surface area contributed by atoms with Crippen molar-refractivity contribution < 1.29 is 0 Å². The van der Waals surface area contributed by atoms with E-state index in [0.29, 0.717) is 5.54 Å². The van der Waals surface area contributed by atoms with E-state index in [1.807, 2.05) is 0 Å². The van der Waals surface area contributed by atoms with Crippen molar-refractivity contribution in [1.82, 2.24) is 10.2 Å². The monoisotopic (exact) mass is 210 g/mol. The van der Waals surface area contributed by atoms with Crippen LogP contribution >= 0.6 is 0 Å². The summed E-state index contributed by atoms with van der Waals surface area (Å²) in [7, 11) is 2.28. The molecule has 0 aromatic carbocycles. The summed E-state index contributed by atoms with van der Waals surface area (Å²) in [5, 5.41) is 3.84. The third-order valence-electron chi connectivity index (χ3n) is 4.62. The van der Waals surface area contributed by atoms with Gasteiger partial charge in [0.2, 0.25) is 0 Å². The van der Waals surface area contributed by atoms with Gasteiger partial charge in [0.1, 0.15) is 0 Å². The van der Waals surface area contributed by atoms with Gasteiger partial charge in [0.05, 0.1) is 0 Å². The van der Waals surface area contributed by atoms with Gasteiger partial charge in [-0.05, 0) is 52.1 Å². The molecule has 1 N–H and O–H groups in total. The fraction of sp³-hybridized carbons (Fsp3) is 1.00. The van der Waals surface area contributed by atoms with Gasteiger partial charge in [-0.2, -0.15) is 0 Å². The molecule has 0 spiro atoms. The predicted molar refractivity (Wildman–Crippen MR) is 65.1 cm³/mol. The van der Waals surface area contributed by atoms with Gasteiger partial charge in [0.15, 0.2) is 0 Å². The fourth-order valence-electron chi connectivity index (χ4n) is 3.00. The topological polar surface area (TPSA) is 15.3 Å². The molecule has 1 saturated heterocycles. The van der Waals surface area contributed by atoms with Gasteiger partial charge >= 0.3 is 0 Å². The van der Waals surface area contributed by atoms with E-state index in [2.05, 4.69) is 24.2 Å². The maximum absolute atomic E-state index is 3.84. The highest BCUT2D eigenvalue weighted by Gasteiger charge is 2.35. The van der Waals surface area contributed by atoms with Crippen LogP contribution in [0.25, 0.3) is 0 Å². The summed E-state index contributed by atoms with van der Waals surface area (Å²) in [6, 6.07) is 0.794. The lowest BCUT2D eigenvalue weighted by atomic mass is 9.74. The second-order valence-electron chi connectivity index (χ2n) is 5.50. The zero-order valence-electron chi connectivity index (χ0n) is 10.4. The van der Waals surface area contributed by atoms with Crippen molar-refractivity contribution >= 4 is 0 Å². The van der Waals surface area contributed by atoms with Crippen molar-refractivity contribution in [2.24, 2.45) is 0 Å². The maximum atomic E-state index is 3.84. The van der Waals surface area contributed by atoms with Gasteiger partial charge in [0, 0.05) is 18.1 Å². The Hall–Kier alpha value is -0.0800. The molecule has 0 amide bonds. The summed E-state index contributed by atoms with van der Waals surface area (Å²) in [6.07, 6.45) is 9.76. The quantitative estimate of drug-likeness (QED) is 0.766. The van der Waals surface area contributed by atoms with E-state index < -0.39 is 0 Å². The van der Waals surface area contributed by atoms with Crippen LogP contribution in [0.1, 0.15) is 51.9 Å². The number of nitrogens with zero attached hydrogens (tertiary/aromatic N) is 1. The minimum atomic E-state index is 0.526. The molecular weight excluding hydrogens is 184 g/mol. The normalized spacial score (nSPS) is 31.2. The Labute approximate surface area is 94.4 Å². The maximum Gasteiger partial charge on any atom is 0.0217 e. The van der Waals surface area contributed by atoms with Crippen LogP contribution in [0.5, 0.6) is 0 Å². The van der Waals surface area contributed by atoms with E-state index in [9.17, 15) is 0 Å². The highest BCUT2D eigenvalue weighted by atomic mass is 15.2. The standard InChI is InChI=1S/C13H26N2/c1-3-13(8-6-9-13)14-11-12-7-4-5-10-15(12)2/h12,14H,3-11H2,1-2H3. The molecule has 15 heavy (non-hydrogen) atoms. The number of hydrogen-bond donors (Lipinski definition) is 1. The van der Waals surface area contributed by atoms with E-state index in [1.54, 1.807) is 0 Å². The molecule has 1 aliphatic carbocycles. The minimum Gasteiger partial charge on any atom is -0.310 e. The van der Waals surface area contributed by atoms with Gasteiger partial charge < -0.3 is 10.2 Å². The lowest BCUT2D eigenvalue weighted by Crippen LogP contribution is -2.55. The van der Waals surface area contributed by atoms with Crippen LogP contribution in [0.4, 0.5) is 0 Å². The summed E-state index contributed by atoms with van der Waals surface area (Å²) in [5.74, 6) is 0. The minimum absolute atomic E-state index is 0.526. The molecule has 1 unspecified atom stereocenters. The van der Waals surface area contributed by atoms with Gasteiger partial charge in [-0.3, -0.25) is 0 Å². The Morgan fingerprint density at radius 1 is 1.27 bits per heavy atom. The average molecular weight is 210 g/mol. The third-order valence-corrected chi connectivity index (χ3v) is 4.62. The van der Waals surface area contributed by atoms with Gasteiger partial charge in [0.25, 0.3) is 0 Å². The molecule has 2 nitrogen and oxygen atoms in total. The van der Waals surface area contributed by atoms with Crippen LogP contribution in [-0.2, 0) is 0 Å². The van der Waals surface area contributed by atoms with E-state index in [0.717, 1.165) is 6.04 Å². The smallest absolute Gasteiger partial charge is 0.0217 e. The van der Waals surface area contributed by atoms with Gasteiger partial charge in [-0.25, -0.2) is 0 Å². The number of piperidine rings is 1. The SMILES string of the molecule is CCC1(NCC2CCCCN2C)CCC1. The first kappa shape index (κ1) is 11.4. The Bertz CT molecular complexity index is 193. The lowest BCUT2D eigenvalue weighted by molar-refractivity contribution is 0.129. The molecular formula is C13H26N2. The van der Waals surface area contributed by atoms with Gasteiger partial charge in [-0.1, -0.05) is 13.3 Å². The van der Waals surface area contributed by atoms with Crippen LogP contribution in [-0.4, -0.2) is 36.6 Å². The Kier molecular flexibility index (Phi) is 3.68. The first-order chi connectivity index (χ1) is 7.26. The first-order valence-corrected chi connectivity index (χ1v) is 6.71. The number of nitrogens with one attached hydrogen (secondary N) is 1. The van der Waals surface area contributed by atoms with Crippen molar-refractivity contribution in [3.8, 4) is 0 Å². The molecule has 0 aromatic rings. The van der Waals surface area contributed by atoms with E-state index in [-0.39, 0.29) is 0 Å². The van der Waals surface area contributed by atoms with Crippen LogP contribution < -0.4 is 5.32 Å². The van der Waals surface area contributed by atoms with Crippen LogP contribution in [0.2, 0.25) is 0 Å². The molecule has 2 aliphatic rings. The molecule has 0 aromatic heterocycles. The fourth-order valence-corrected chi connectivity index (χ4v) is 3.00. The van der Waals surface area contributed by atoms with Crippen LogP contribution in [0, 0.1) is 0 Å². The highest BCUT2D eigenvalue weighted by Crippen LogP contribution is 2.34. The molecule has 2 fully saturated rings. The number of rotatable bonds is 4. The lowest BCUT2D eigenvalue weighted by Gasteiger charge is -2.44. The van der Waals surface area contributed by atoms with E-state index >= 15 is 0 Å². The molecule has 1 heterocycles. The summed E-state index contributed by atoms with van der Waals surface area (Å²) in [6.45, 7) is 4.84. The molecule has 0 radical (unpaired) electrons. The first-order valence-electron chi connectivity index (χ1n) is 6.71. The van der Waals surface area contributed by atoms with Crippen molar-refractivity contribution in [1.29, 1.82) is 0 Å². The molecule has 0 bridgehead atoms. The molecule has 2 heteroatoms. The number of likely N-dealkylation sites (N-methyl/N-ethyl adjacent to an activating group) is 1. The average Bonchev–Trinajstić information content (AvgIpc) is 2.19.